The highest BCUT2D eigenvalue weighted by atomic mass is 16.5. The molecular weight excluding hydrogens is 328 g/mol. The number of ether oxygens (including phenoxy) is 2. The van der Waals surface area contributed by atoms with Gasteiger partial charge in [-0.2, -0.15) is 0 Å². The molecule has 2 saturated heterocycles. The number of nitrogens with zero attached hydrogens (tertiary/aromatic N) is 2. The quantitative estimate of drug-likeness (QED) is 0.781. The number of hydrogen-bond donors (Lipinski definition) is 0. The highest BCUT2D eigenvalue weighted by Crippen LogP contribution is 2.44. The summed E-state index contributed by atoms with van der Waals surface area (Å²) in [5.74, 6) is 0.707. The summed E-state index contributed by atoms with van der Waals surface area (Å²) in [5.41, 5.74) is 2.25. The van der Waals surface area contributed by atoms with E-state index < -0.39 is 0 Å². The van der Waals surface area contributed by atoms with Crippen LogP contribution in [0.3, 0.4) is 0 Å². The average molecular weight is 360 g/mol. The minimum Gasteiger partial charge on any atom is -0.384 e. The lowest BCUT2D eigenvalue weighted by Crippen LogP contribution is -2.47. The molecule has 3 rings (SSSR count). The van der Waals surface area contributed by atoms with Gasteiger partial charge in [0.25, 0.3) is 5.91 Å². The molecule has 0 radical (unpaired) electrons. The molecule has 1 aromatic carbocycles. The largest absolute Gasteiger partial charge is 0.384 e. The number of likely N-dealkylation sites (tertiary alicyclic amines) is 2. The van der Waals surface area contributed by atoms with Gasteiger partial charge in [-0.05, 0) is 37.3 Å². The van der Waals surface area contributed by atoms with Crippen LogP contribution in [0.15, 0.2) is 24.3 Å². The van der Waals surface area contributed by atoms with Crippen molar-refractivity contribution in [2.75, 3.05) is 60.2 Å². The van der Waals surface area contributed by atoms with Crippen molar-refractivity contribution < 1.29 is 14.3 Å². The van der Waals surface area contributed by atoms with Gasteiger partial charge < -0.3 is 19.3 Å². The van der Waals surface area contributed by atoms with Gasteiger partial charge in [0.1, 0.15) is 0 Å². The first-order valence-corrected chi connectivity index (χ1v) is 9.64. The van der Waals surface area contributed by atoms with Gasteiger partial charge in [0.15, 0.2) is 0 Å². The summed E-state index contributed by atoms with van der Waals surface area (Å²) in [7, 11) is 3.55. The molecule has 1 spiro atoms. The average Bonchev–Trinajstić information content (AvgIpc) is 2.98. The van der Waals surface area contributed by atoms with Crippen molar-refractivity contribution in [3.63, 3.8) is 0 Å². The molecule has 1 aromatic rings. The van der Waals surface area contributed by atoms with E-state index in [1.807, 2.05) is 36.1 Å². The van der Waals surface area contributed by atoms with Crippen molar-refractivity contribution in [3.8, 4) is 0 Å². The molecule has 1 atom stereocenters. The van der Waals surface area contributed by atoms with Crippen molar-refractivity contribution in [1.82, 2.24) is 9.80 Å². The van der Waals surface area contributed by atoms with Crippen molar-refractivity contribution >= 4 is 5.91 Å². The molecule has 2 aliphatic rings. The summed E-state index contributed by atoms with van der Waals surface area (Å²) in [6.07, 6.45) is 2.12. The maximum absolute atomic E-state index is 12.8. The maximum atomic E-state index is 12.8. The Labute approximate surface area is 157 Å². The minimum absolute atomic E-state index is 0.164. The molecule has 0 bridgehead atoms. The highest BCUT2D eigenvalue weighted by molar-refractivity contribution is 5.94. The fourth-order valence-electron chi connectivity index (χ4n) is 4.57. The number of aryl methyl sites for hydroxylation is 1. The molecule has 26 heavy (non-hydrogen) atoms. The van der Waals surface area contributed by atoms with Crippen LogP contribution in [0, 0.1) is 18.3 Å². The van der Waals surface area contributed by atoms with Crippen molar-refractivity contribution in [2.24, 2.45) is 11.3 Å². The molecular formula is C21H32N2O3. The fraction of sp³-hybridized carbons (Fsp3) is 0.667. The molecule has 2 heterocycles. The lowest BCUT2D eigenvalue weighted by molar-refractivity contribution is 0.0321. The van der Waals surface area contributed by atoms with Crippen LogP contribution in [0.1, 0.15) is 28.8 Å². The van der Waals surface area contributed by atoms with Crippen molar-refractivity contribution in [3.05, 3.63) is 35.4 Å². The number of hydrogen-bond acceptors (Lipinski definition) is 4. The van der Waals surface area contributed by atoms with E-state index in [1.54, 1.807) is 14.2 Å². The summed E-state index contributed by atoms with van der Waals surface area (Å²) < 4.78 is 10.8. The second-order valence-electron chi connectivity index (χ2n) is 7.90. The Bertz CT molecular complexity index is 594. The molecule has 0 N–H and O–H groups in total. The van der Waals surface area contributed by atoms with Crippen LogP contribution in [0.4, 0.5) is 0 Å². The van der Waals surface area contributed by atoms with E-state index in [-0.39, 0.29) is 11.3 Å². The number of methoxy groups -OCH3 is 2. The Morgan fingerprint density at radius 2 is 1.85 bits per heavy atom. The van der Waals surface area contributed by atoms with Gasteiger partial charge in [-0.1, -0.05) is 17.7 Å². The zero-order valence-corrected chi connectivity index (χ0v) is 16.4. The van der Waals surface area contributed by atoms with Gasteiger partial charge in [0, 0.05) is 58.4 Å². The Hall–Kier alpha value is -1.43. The smallest absolute Gasteiger partial charge is 0.253 e. The Kier molecular flexibility index (Phi) is 6.33. The molecule has 0 aromatic heterocycles. The Morgan fingerprint density at radius 1 is 1.15 bits per heavy atom. The van der Waals surface area contributed by atoms with Crippen LogP contribution < -0.4 is 0 Å². The summed E-state index contributed by atoms with van der Waals surface area (Å²) in [5, 5.41) is 0. The monoisotopic (exact) mass is 360 g/mol. The number of carbonyl (C=O) groups is 1. The van der Waals surface area contributed by atoms with E-state index in [2.05, 4.69) is 4.90 Å². The van der Waals surface area contributed by atoms with Gasteiger partial charge >= 0.3 is 0 Å². The molecule has 0 saturated carbocycles. The molecule has 5 heteroatoms. The molecule has 5 nitrogen and oxygen atoms in total. The number of benzene rings is 1. The topological polar surface area (TPSA) is 42.0 Å². The molecule has 0 aliphatic carbocycles. The number of carbonyl (C=O) groups excluding carboxylic acids is 1. The third-order valence-corrected chi connectivity index (χ3v) is 6.21. The lowest BCUT2D eigenvalue weighted by Gasteiger charge is -2.42. The first kappa shape index (κ1) is 19.3. The van der Waals surface area contributed by atoms with Crippen LogP contribution in [0.5, 0.6) is 0 Å². The van der Waals surface area contributed by atoms with Crippen LogP contribution >= 0.6 is 0 Å². The zero-order valence-electron chi connectivity index (χ0n) is 16.4. The molecule has 2 fully saturated rings. The fourth-order valence-corrected chi connectivity index (χ4v) is 4.57. The maximum Gasteiger partial charge on any atom is 0.253 e. The highest BCUT2D eigenvalue weighted by Gasteiger charge is 2.48. The van der Waals surface area contributed by atoms with E-state index in [4.69, 9.17) is 9.47 Å². The third kappa shape index (κ3) is 4.11. The van der Waals surface area contributed by atoms with Crippen LogP contribution in [-0.4, -0.2) is 75.9 Å². The predicted octanol–water partition coefficient (Wildman–Crippen LogP) is 2.44. The van der Waals surface area contributed by atoms with Crippen molar-refractivity contribution in [2.45, 2.75) is 19.8 Å². The van der Waals surface area contributed by atoms with E-state index in [0.29, 0.717) is 5.92 Å². The summed E-state index contributed by atoms with van der Waals surface area (Å²) in [4.78, 5) is 17.3. The van der Waals surface area contributed by atoms with Gasteiger partial charge in [-0.15, -0.1) is 0 Å². The zero-order chi connectivity index (χ0) is 18.6. The molecule has 2 aliphatic heterocycles. The molecule has 1 amide bonds. The Morgan fingerprint density at radius 3 is 2.46 bits per heavy atom. The van der Waals surface area contributed by atoms with Gasteiger partial charge in [-0.3, -0.25) is 4.79 Å². The summed E-state index contributed by atoms with van der Waals surface area (Å²) >= 11 is 0. The van der Waals surface area contributed by atoms with Crippen LogP contribution in [-0.2, 0) is 9.47 Å². The number of rotatable bonds is 6. The van der Waals surface area contributed by atoms with Gasteiger partial charge in [0.2, 0.25) is 0 Å². The number of amides is 1. The molecule has 0 unspecified atom stereocenters. The van der Waals surface area contributed by atoms with E-state index in [9.17, 15) is 4.79 Å². The van der Waals surface area contributed by atoms with E-state index in [1.165, 1.54) is 5.56 Å². The summed E-state index contributed by atoms with van der Waals surface area (Å²) in [6.45, 7) is 8.44. The normalized spacial score (nSPS) is 22.9. The standard InChI is InChI=1S/C21H32N2O3/c1-17-4-6-18(7-5-17)20(24)23-10-8-21(9-11-23)16-22(12-13-25-2)14-19(21)15-26-3/h4-7,19H,8-16H2,1-3H3/t19-/m1/s1. The second kappa shape index (κ2) is 8.51. The van der Waals surface area contributed by atoms with Crippen molar-refractivity contribution in [1.29, 1.82) is 0 Å². The SMILES string of the molecule is COCCN1C[C@H](COC)C2(CCN(C(=O)c3ccc(C)cc3)CC2)C1. The van der Waals surface area contributed by atoms with Crippen LogP contribution in [0.25, 0.3) is 0 Å². The first-order valence-electron chi connectivity index (χ1n) is 9.64. The van der Waals surface area contributed by atoms with Gasteiger partial charge in [0.05, 0.1) is 13.2 Å². The third-order valence-electron chi connectivity index (χ3n) is 6.21. The predicted molar refractivity (Wildman–Crippen MR) is 102 cm³/mol. The number of piperidine rings is 1. The lowest BCUT2D eigenvalue weighted by atomic mass is 9.71. The van der Waals surface area contributed by atoms with Gasteiger partial charge in [-0.25, -0.2) is 0 Å². The Balaban J connectivity index is 1.63. The second-order valence-corrected chi connectivity index (χ2v) is 7.90. The first-order chi connectivity index (χ1) is 12.6. The van der Waals surface area contributed by atoms with E-state index >= 15 is 0 Å². The van der Waals surface area contributed by atoms with Crippen LogP contribution in [0.2, 0.25) is 0 Å². The summed E-state index contributed by atoms with van der Waals surface area (Å²) in [6, 6.07) is 7.91. The minimum atomic E-state index is 0.164. The molecule has 144 valence electrons. The van der Waals surface area contributed by atoms with E-state index in [0.717, 1.165) is 64.3 Å².